The maximum absolute atomic E-state index is 12.5. The summed E-state index contributed by atoms with van der Waals surface area (Å²) < 4.78 is 62.6. The summed E-state index contributed by atoms with van der Waals surface area (Å²) in [5, 5.41) is 0.909. The van der Waals surface area contributed by atoms with Crippen LogP contribution in [0.2, 0.25) is 0 Å². The molecule has 0 bridgehead atoms. The van der Waals surface area contributed by atoms with E-state index in [1.54, 1.807) is 6.20 Å². The molecular formula is C16H20F3N5O2S. The highest BCUT2D eigenvalue weighted by Gasteiger charge is 2.48. The summed E-state index contributed by atoms with van der Waals surface area (Å²) >= 11 is 0. The average molecular weight is 403 g/mol. The molecule has 148 valence electrons. The van der Waals surface area contributed by atoms with Gasteiger partial charge in [0.15, 0.2) is 5.75 Å². The second-order valence-electron chi connectivity index (χ2n) is 7.38. The lowest BCUT2D eigenvalue weighted by atomic mass is 10.0. The smallest absolute Gasteiger partial charge is 0.356 e. The zero-order valence-electron chi connectivity index (χ0n) is 14.6. The molecule has 0 radical (unpaired) electrons. The van der Waals surface area contributed by atoms with Gasteiger partial charge in [-0.2, -0.15) is 13.2 Å². The number of hydrogen-bond donors (Lipinski definition) is 1. The summed E-state index contributed by atoms with van der Waals surface area (Å²) in [5.41, 5.74) is 0.745. The minimum Gasteiger partial charge on any atom is -0.356 e. The van der Waals surface area contributed by atoms with Crippen molar-refractivity contribution in [2.24, 2.45) is 11.8 Å². The van der Waals surface area contributed by atoms with Crippen LogP contribution in [0.15, 0.2) is 18.6 Å². The molecule has 4 rings (SSSR count). The van der Waals surface area contributed by atoms with Crippen LogP contribution in [0.5, 0.6) is 0 Å². The highest BCUT2D eigenvalue weighted by atomic mass is 32.2. The molecule has 2 aliphatic rings. The van der Waals surface area contributed by atoms with Crippen molar-refractivity contribution in [3.8, 4) is 0 Å². The Kier molecular flexibility index (Phi) is 4.34. The summed E-state index contributed by atoms with van der Waals surface area (Å²) in [4.78, 5) is 13.7. The Balaban J connectivity index is 1.45. The first-order chi connectivity index (χ1) is 12.6. The molecule has 1 saturated carbocycles. The number of halogens is 3. The summed E-state index contributed by atoms with van der Waals surface area (Å²) in [6.07, 6.45) is 0.0355. The van der Waals surface area contributed by atoms with Crippen molar-refractivity contribution in [2.45, 2.75) is 25.1 Å². The van der Waals surface area contributed by atoms with Gasteiger partial charge in [-0.3, -0.25) is 0 Å². The molecule has 0 unspecified atom stereocenters. The van der Waals surface area contributed by atoms with Gasteiger partial charge in [-0.25, -0.2) is 22.7 Å². The van der Waals surface area contributed by atoms with E-state index in [1.807, 2.05) is 13.1 Å². The molecule has 2 aromatic heterocycles. The average Bonchev–Trinajstić information content (AvgIpc) is 3.25. The Hall–Kier alpha value is -1.88. The SMILES string of the molecule is CN(c1ncnc2[nH]ccc12)[C@@H]1C[C@@H]2CN(S(=O)(=O)CC(F)(F)F)C[C@@H]2C1. The van der Waals surface area contributed by atoms with Gasteiger partial charge in [0.05, 0.1) is 5.39 Å². The van der Waals surface area contributed by atoms with Crippen LogP contribution in [0.1, 0.15) is 12.8 Å². The van der Waals surface area contributed by atoms with Crippen molar-refractivity contribution in [3.05, 3.63) is 18.6 Å². The molecule has 1 aliphatic carbocycles. The molecule has 1 aliphatic heterocycles. The number of nitrogens with zero attached hydrogens (tertiary/aromatic N) is 4. The number of H-pyrrole nitrogens is 1. The second-order valence-corrected chi connectivity index (χ2v) is 9.35. The third-order valence-electron chi connectivity index (χ3n) is 5.65. The van der Waals surface area contributed by atoms with Crippen molar-refractivity contribution < 1.29 is 21.6 Å². The van der Waals surface area contributed by atoms with Crippen LogP contribution in [-0.2, 0) is 10.0 Å². The van der Waals surface area contributed by atoms with E-state index >= 15 is 0 Å². The molecule has 2 fully saturated rings. The summed E-state index contributed by atoms with van der Waals surface area (Å²) in [7, 11) is -2.36. The molecule has 2 aromatic rings. The Morgan fingerprint density at radius 3 is 2.56 bits per heavy atom. The maximum Gasteiger partial charge on any atom is 0.404 e. The van der Waals surface area contributed by atoms with Gasteiger partial charge < -0.3 is 9.88 Å². The van der Waals surface area contributed by atoms with Crippen LogP contribution in [0.25, 0.3) is 11.0 Å². The Morgan fingerprint density at radius 2 is 1.93 bits per heavy atom. The van der Waals surface area contributed by atoms with Gasteiger partial charge in [0.2, 0.25) is 10.0 Å². The van der Waals surface area contributed by atoms with Crippen LogP contribution in [0.3, 0.4) is 0 Å². The van der Waals surface area contributed by atoms with Gasteiger partial charge in [-0.1, -0.05) is 0 Å². The molecule has 0 spiro atoms. The van der Waals surface area contributed by atoms with E-state index in [0.29, 0.717) is 0 Å². The van der Waals surface area contributed by atoms with Gasteiger partial charge in [0, 0.05) is 32.4 Å². The number of aromatic amines is 1. The molecule has 1 saturated heterocycles. The van der Waals surface area contributed by atoms with Crippen LogP contribution >= 0.6 is 0 Å². The van der Waals surface area contributed by atoms with Gasteiger partial charge in [-0.15, -0.1) is 0 Å². The van der Waals surface area contributed by atoms with E-state index in [-0.39, 0.29) is 31.0 Å². The summed E-state index contributed by atoms with van der Waals surface area (Å²) in [6.45, 7) is 0.327. The Bertz CT molecular complexity index is 931. The molecule has 1 N–H and O–H groups in total. The van der Waals surface area contributed by atoms with E-state index in [0.717, 1.165) is 34.0 Å². The first kappa shape index (κ1) is 18.5. The van der Waals surface area contributed by atoms with Crippen molar-refractivity contribution in [1.29, 1.82) is 0 Å². The maximum atomic E-state index is 12.5. The van der Waals surface area contributed by atoms with Crippen molar-refractivity contribution in [3.63, 3.8) is 0 Å². The van der Waals surface area contributed by atoms with Gasteiger partial charge >= 0.3 is 6.18 Å². The van der Waals surface area contributed by atoms with Crippen molar-refractivity contribution in [1.82, 2.24) is 19.3 Å². The van der Waals surface area contributed by atoms with Crippen molar-refractivity contribution >= 4 is 26.9 Å². The molecule has 11 heteroatoms. The van der Waals surface area contributed by atoms with Crippen LogP contribution in [-0.4, -0.2) is 65.8 Å². The first-order valence-corrected chi connectivity index (χ1v) is 10.3. The standard InChI is InChI=1S/C16H20F3N5O2S/c1-23(15-13-2-3-20-14(13)21-9-22-15)12-4-10-6-24(7-11(10)5-12)27(25,26)8-16(17,18)19/h2-3,9-12H,4-8H2,1H3,(H,20,21,22)/t10-,11+,12-. The monoisotopic (exact) mass is 403 g/mol. The lowest BCUT2D eigenvalue weighted by molar-refractivity contribution is -0.107. The lowest BCUT2D eigenvalue weighted by Crippen LogP contribution is -2.38. The molecule has 0 aromatic carbocycles. The van der Waals surface area contributed by atoms with E-state index in [2.05, 4.69) is 19.9 Å². The van der Waals surface area contributed by atoms with Crippen molar-refractivity contribution in [2.75, 3.05) is 30.8 Å². The molecular weight excluding hydrogens is 383 g/mol. The van der Waals surface area contributed by atoms with Gasteiger partial charge in [-0.05, 0) is 30.7 Å². The second kappa shape index (κ2) is 6.33. The number of anilines is 1. The normalized spacial score (nSPS) is 26.6. The first-order valence-electron chi connectivity index (χ1n) is 8.69. The highest BCUT2D eigenvalue weighted by molar-refractivity contribution is 7.89. The molecule has 3 heterocycles. The van der Waals surface area contributed by atoms with Crippen LogP contribution in [0.4, 0.5) is 19.0 Å². The fourth-order valence-corrected chi connectivity index (χ4v) is 5.81. The number of sulfonamides is 1. The number of alkyl halides is 3. The molecule has 7 nitrogen and oxygen atoms in total. The fraction of sp³-hybridized carbons (Fsp3) is 0.625. The predicted octanol–water partition coefficient (Wildman–Crippen LogP) is 2.00. The van der Waals surface area contributed by atoms with Gasteiger partial charge in [0.25, 0.3) is 0 Å². The zero-order chi connectivity index (χ0) is 19.4. The molecule has 27 heavy (non-hydrogen) atoms. The molecule has 3 atom stereocenters. The van der Waals surface area contributed by atoms with E-state index in [4.69, 9.17) is 0 Å². The number of fused-ring (bicyclic) bond motifs is 2. The van der Waals surface area contributed by atoms with Crippen LogP contribution in [0, 0.1) is 11.8 Å². The Morgan fingerprint density at radius 1 is 1.26 bits per heavy atom. The van der Waals surface area contributed by atoms with Gasteiger partial charge in [0.1, 0.15) is 17.8 Å². The third kappa shape index (κ3) is 3.49. The molecule has 0 amide bonds. The van der Waals surface area contributed by atoms with Crippen LogP contribution < -0.4 is 4.90 Å². The van der Waals surface area contributed by atoms with E-state index < -0.39 is 22.0 Å². The Labute approximate surface area is 154 Å². The lowest BCUT2D eigenvalue weighted by Gasteiger charge is -2.27. The summed E-state index contributed by atoms with van der Waals surface area (Å²) in [5.74, 6) is -0.837. The number of rotatable bonds is 4. The topological polar surface area (TPSA) is 82.2 Å². The summed E-state index contributed by atoms with van der Waals surface area (Å²) in [6, 6.07) is 2.07. The zero-order valence-corrected chi connectivity index (χ0v) is 15.5. The fourth-order valence-electron chi connectivity index (χ4n) is 4.38. The quantitative estimate of drug-likeness (QED) is 0.844. The number of aromatic nitrogens is 3. The van der Waals surface area contributed by atoms with E-state index in [1.165, 1.54) is 6.33 Å². The minimum atomic E-state index is -4.71. The number of hydrogen-bond acceptors (Lipinski definition) is 5. The third-order valence-corrected chi connectivity index (χ3v) is 7.42. The highest BCUT2D eigenvalue weighted by Crippen LogP contribution is 2.42. The number of nitrogens with one attached hydrogen (secondary N) is 1. The van der Waals surface area contributed by atoms with E-state index in [9.17, 15) is 21.6 Å². The predicted molar refractivity (Wildman–Crippen MR) is 93.7 cm³/mol. The largest absolute Gasteiger partial charge is 0.404 e. The minimum absolute atomic E-state index is 0.0732.